The summed E-state index contributed by atoms with van der Waals surface area (Å²) in [4.78, 5) is 2.69. The zero-order valence-corrected chi connectivity index (χ0v) is 14.6. The molecule has 1 saturated heterocycles. The molecule has 0 spiro atoms. The maximum Gasteiger partial charge on any atom is 0.119 e. The number of allylic oxidation sites excluding steroid dienone is 1. The van der Waals surface area contributed by atoms with Crippen molar-refractivity contribution in [1.82, 2.24) is 4.90 Å². The fourth-order valence-corrected chi connectivity index (χ4v) is 4.34. The molecule has 1 aliphatic heterocycles. The van der Waals surface area contributed by atoms with Gasteiger partial charge in [0.2, 0.25) is 0 Å². The Balaban J connectivity index is 1.95. The highest BCUT2D eigenvalue weighted by Crippen LogP contribution is 2.49. The molecule has 2 heteroatoms. The van der Waals surface area contributed by atoms with Gasteiger partial charge in [-0.2, -0.15) is 0 Å². The molecule has 0 radical (unpaired) electrons. The lowest BCUT2D eigenvalue weighted by Crippen LogP contribution is -2.57. The van der Waals surface area contributed by atoms with E-state index < -0.39 is 0 Å². The van der Waals surface area contributed by atoms with Crippen LogP contribution in [0.1, 0.15) is 45.2 Å². The minimum atomic E-state index is 0.286. The van der Waals surface area contributed by atoms with Crippen LogP contribution in [0.25, 0.3) is 0 Å². The quantitative estimate of drug-likeness (QED) is 0.776. The molecule has 2 aliphatic rings. The number of nitrogens with zero attached hydrogens (tertiary/aromatic N) is 1. The second-order valence-corrected chi connectivity index (χ2v) is 7.53. The lowest BCUT2D eigenvalue weighted by molar-refractivity contribution is 0.0397. The Labute approximate surface area is 135 Å². The van der Waals surface area contributed by atoms with E-state index in [4.69, 9.17) is 4.74 Å². The Morgan fingerprint density at radius 3 is 2.86 bits per heavy atom. The monoisotopic (exact) mass is 299 g/mol. The van der Waals surface area contributed by atoms with Crippen LogP contribution in [-0.4, -0.2) is 31.1 Å². The minimum Gasteiger partial charge on any atom is -0.497 e. The number of piperidine rings is 1. The fourth-order valence-electron chi connectivity index (χ4n) is 4.34. The summed E-state index contributed by atoms with van der Waals surface area (Å²) in [5, 5.41) is 0. The van der Waals surface area contributed by atoms with E-state index in [0.717, 1.165) is 12.3 Å². The lowest BCUT2D eigenvalue weighted by atomic mass is 9.59. The van der Waals surface area contributed by atoms with Crippen molar-refractivity contribution < 1.29 is 4.74 Å². The van der Waals surface area contributed by atoms with E-state index in [1.807, 2.05) is 0 Å². The van der Waals surface area contributed by atoms with E-state index in [1.54, 1.807) is 7.11 Å². The summed E-state index contributed by atoms with van der Waals surface area (Å²) in [7, 11) is 1.77. The first kappa shape index (κ1) is 15.6. The fraction of sp³-hybridized carbons (Fsp3) is 0.600. The van der Waals surface area contributed by atoms with Crippen LogP contribution in [0.4, 0.5) is 0 Å². The first-order valence-electron chi connectivity index (χ1n) is 8.50. The first-order chi connectivity index (χ1) is 10.5. The molecule has 1 aliphatic carbocycles. The highest BCUT2D eigenvalue weighted by molar-refractivity contribution is 5.44. The number of methoxy groups -OCH3 is 1. The van der Waals surface area contributed by atoms with Gasteiger partial charge in [0.05, 0.1) is 7.11 Å². The summed E-state index contributed by atoms with van der Waals surface area (Å²) in [6.07, 6.45) is 4.78. The largest absolute Gasteiger partial charge is 0.497 e. The van der Waals surface area contributed by atoms with Crippen LogP contribution in [0.15, 0.2) is 29.8 Å². The van der Waals surface area contributed by atoms with Gasteiger partial charge >= 0.3 is 0 Å². The van der Waals surface area contributed by atoms with Crippen molar-refractivity contribution in [1.29, 1.82) is 0 Å². The van der Waals surface area contributed by atoms with Crippen LogP contribution in [0, 0.1) is 5.92 Å². The predicted octanol–water partition coefficient (Wildman–Crippen LogP) is 4.19. The molecule has 3 atom stereocenters. The molecule has 3 rings (SSSR count). The average Bonchev–Trinajstić information content (AvgIpc) is 2.49. The van der Waals surface area contributed by atoms with Crippen molar-refractivity contribution in [3.05, 3.63) is 41.0 Å². The summed E-state index contributed by atoms with van der Waals surface area (Å²) in [5.74, 6) is 1.68. The maximum absolute atomic E-state index is 5.47. The average molecular weight is 299 g/mol. The van der Waals surface area contributed by atoms with Crippen LogP contribution in [0.2, 0.25) is 0 Å². The molecule has 1 heterocycles. The summed E-state index contributed by atoms with van der Waals surface area (Å²) in [6, 6.07) is 7.35. The highest BCUT2D eigenvalue weighted by Gasteiger charge is 2.48. The van der Waals surface area contributed by atoms with Gasteiger partial charge in [0.25, 0.3) is 0 Å². The smallest absolute Gasteiger partial charge is 0.119 e. The van der Waals surface area contributed by atoms with E-state index in [9.17, 15) is 0 Å². The van der Waals surface area contributed by atoms with Crippen LogP contribution in [0.3, 0.4) is 0 Å². The zero-order chi connectivity index (χ0) is 15.9. The Morgan fingerprint density at radius 2 is 2.18 bits per heavy atom. The summed E-state index contributed by atoms with van der Waals surface area (Å²) < 4.78 is 5.47. The van der Waals surface area contributed by atoms with E-state index in [1.165, 1.54) is 36.1 Å². The third-order valence-electron chi connectivity index (χ3n) is 6.06. The molecule has 2 nitrogen and oxygen atoms in total. The molecule has 22 heavy (non-hydrogen) atoms. The summed E-state index contributed by atoms with van der Waals surface area (Å²) >= 11 is 0. The van der Waals surface area contributed by atoms with Crippen molar-refractivity contribution in [2.45, 2.75) is 52.0 Å². The SMILES string of the molecule is COc1ccc2c(c1)C1(C)CCN(CC=C(C)C)C(C2)C1C. The maximum atomic E-state index is 5.47. The Bertz CT molecular complexity index is 587. The van der Waals surface area contributed by atoms with E-state index in [0.29, 0.717) is 12.0 Å². The van der Waals surface area contributed by atoms with Crippen LogP contribution in [-0.2, 0) is 11.8 Å². The van der Waals surface area contributed by atoms with Gasteiger partial charge in [-0.3, -0.25) is 4.90 Å². The molecule has 120 valence electrons. The van der Waals surface area contributed by atoms with Gasteiger partial charge in [-0.25, -0.2) is 0 Å². The lowest BCUT2D eigenvalue weighted by Gasteiger charge is -2.54. The van der Waals surface area contributed by atoms with Crippen molar-refractivity contribution in [2.75, 3.05) is 20.2 Å². The van der Waals surface area contributed by atoms with Gasteiger partial charge in [0.1, 0.15) is 5.75 Å². The third kappa shape index (κ3) is 2.48. The molecule has 0 N–H and O–H groups in total. The van der Waals surface area contributed by atoms with Gasteiger partial charge in [-0.15, -0.1) is 0 Å². The standard InChI is InChI=1S/C20H29NO/c1-14(2)8-10-21-11-9-20(4)15(3)19(21)12-16-6-7-17(22-5)13-18(16)20/h6-8,13,15,19H,9-12H2,1-5H3. The van der Waals surface area contributed by atoms with Crippen LogP contribution in [0.5, 0.6) is 5.75 Å². The third-order valence-corrected chi connectivity index (χ3v) is 6.06. The van der Waals surface area contributed by atoms with Crippen molar-refractivity contribution >= 4 is 0 Å². The summed E-state index contributed by atoms with van der Waals surface area (Å²) in [6.45, 7) is 11.6. The molecular formula is C20H29NO. The highest BCUT2D eigenvalue weighted by atomic mass is 16.5. The normalized spacial score (nSPS) is 30.6. The number of rotatable bonds is 3. The minimum absolute atomic E-state index is 0.286. The van der Waals surface area contributed by atoms with Gasteiger partial charge < -0.3 is 4.74 Å². The van der Waals surface area contributed by atoms with E-state index in [-0.39, 0.29) is 5.41 Å². The van der Waals surface area contributed by atoms with Crippen molar-refractivity contribution in [3.63, 3.8) is 0 Å². The zero-order valence-electron chi connectivity index (χ0n) is 14.6. The summed E-state index contributed by atoms with van der Waals surface area (Å²) in [5.41, 5.74) is 4.75. The predicted molar refractivity (Wildman–Crippen MR) is 92.6 cm³/mol. The van der Waals surface area contributed by atoms with Crippen LogP contribution < -0.4 is 4.74 Å². The molecule has 1 aromatic rings. The first-order valence-corrected chi connectivity index (χ1v) is 8.50. The number of benzene rings is 1. The number of fused-ring (bicyclic) bond motifs is 4. The Morgan fingerprint density at radius 1 is 1.41 bits per heavy atom. The number of ether oxygens (including phenoxy) is 1. The molecule has 0 aromatic heterocycles. The topological polar surface area (TPSA) is 12.5 Å². The molecule has 3 unspecified atom stereocenters. The molecule has 2 bridgehead atoms. The second kappa shape index (κ2) is 5.73. The van der Waals surface area contributed by atoms with E-state index in [2.05, 4.69) is 56.9 Å². The Kier molecular flexibility index (Phi) is 4.07. The van der Waals surface area contributed by atoms with E-state index >= 15 is 0 Å². The molecule has 0 amide bonds. The number of hydrogen-bond acceptors (Lipinski definition) is 2. The number of hydrogen-bond donors (Lipinski definition) is 0. The van der Waals surface area contributed by atoms with Crippen molar-refractivity contribution in [2.24, 2.45) is 5.92 Å². The van der Waals surface area contributed by atoms with Crippen LogP contribution >= 0.6 is 0 Å². The van der Waals surface area contributed by atoms with Gasteiger partial charge in [0.15, 0.2) is 0 Å². The molecule has 0 saturated carbocycles. The van der Waals surface area contributed by atoms with Gasteiger partial charge in [0, 0.05) is 12.6 Å². The van der Waals surface area contributed by atoms with Gasteiger partial charge in [-0.05, 0) is 67.8 Å². The molecular weight excluding hydrogens is 270 g/mol. The second-order valence-electron chi connectivity index (χ2n) is 7.53. The Hall–Kier alpha value is -1.28. The van der Waals surface area contributed by atoms with Crippen molar-refractivity contribution in [3.8, 4) is 5.75 Å². The van der Waals surface area contributed by atoms with Gasteiger partial charge in [-0.1, -0.05) is 31.6 Å². The number of likely N-dealkylation sites (tertiary alicyclic amines) is 1. The molecule has 1 aromatic carbocycles. The molecule has 1 fully saturated rings.